The lowest BCUT2D eigenvalue weighted by molar-refractivity contribution is 0.0697. The summed E-state index contributed by atoms with van der Waals surface area (Å²) in [6.45, 7) is 1.86. The van der Waals surface area contributed by atoms with Gasteiger partial charge in [-0.3, -0.25) is 0 Å². The number of anilines is 1. The highest BCUT2D eigenvalue weighted by Gasteiger charge is 2.12. The molecule has 0 aromatic heterocycles. The van der Waals surface area contributed by atoms with Gasteiger partial charge in [0.1, 0.15) is 11.6 Å². The zero-order chi connectivity index (χ0) is 15.4. The van der Waals surface area contributed by atoms with E-state index in [0.29, 0.717) is 5.75 Å². The first-order valence-corrected chi connectivity index (χ1v) is 6.44. The summed E-state index contributed by atoms with van der Waals surface area (Å²) in [6, 6.07) is 10.9. The molecule has 0 saturated carbocycles. The van der Waals surface area contributed by atoms with Crippen molar-refractivity contribution in [3.8, 4) is 5.75 Å². The molecule has 0 saturated heterocycles. The van der Waals surface area contributed by atoms with Gasteiger partial charge in [-0.15, -0.1) is 0 Å². The van der Waals surface area contributed by atoms with E-state index in [2.05, 4.69) is 5.32 Å². The van der Waals surface area contributed by atoms with Crippen LogP contribution in [0.4, 0.5) is 10.1 Å². The topological polar surface area (TPSA) is 58.6 Å². The number of benzene rings is 2. The van der Waals surface area contributed by atoms with Gasteiger partial charge in [0.05, 0.1) is 18.4 Å². The maximum atomic E-state index is 13.8. The Morgan fingerprint density at radius 2 is 2.05 bits per heavy atom. The zero-order valence-corrected chi connectivity index (χ0v) is 11.8. The van der Waals surface area contributed by atoms with Crippen LogP contribution < -0.4 is 10.1 Å². The van der Waals surface area contributed by atoms with E-state index >= 15 is 0 Å². The summed E-state index contributed by atoms with van der Waals surface area (Å²) in [5.41, 5.74) is 1.11. The molecule has 1 unspecified atom stereocenters. The molecule has 1 atom stereocenters. The van der Waals surface area contributed by atoms with Crippen LogP contribution in [0.3, 0.4) is 0 Å². The number of methoxy groups -OCH3 is 1. The molecule has 0 spiro atoms. The maximum absolute atomic E-state index is 13.8. The number of hydrogen-bond acceptors (Lipinski definition) is 3. The number of rotatable bonds is 5. The molecular formula is C16H16FNO3. The molecule has 0 fully saturated rings. The Hall–Kier alpha value is -2.56. The third kappa shape index (κ3) is 3.51. The number of carbonyl (C=O) groups is 1. The molecule has 0 bridgehead atoms. The molecule has 110 valence electrons. The van der Waals surface area contributed by atoms with E-state index in [4.69, 9.17) is 9.84 Å². The molecule has 0 aliphatic carbocycles. The normalized spacial score (nSPS) is 11.8. The van der Waals surface area contributed by atoms with Gasteiger partial charge >= 0.3 is 5.97 Å². The van der Waals surface area contributed by atoms with Crippen molar-refractivity contribution >= 4 is 11.7 Å². The maximum Gasteiger partial charge on any atom is 0.335 e. The summed E-state index contributed by atoms with van der Waals surface area (Å²) >= 11 is 0. The molecule has 21 heavy (non-hydrogen) atoms. The van der Waals surface area contributed by atoms with Gasteiger partial charge in [-0.25, -0.2) is 9.18 Å². The largest absolute Gasteiger partial charge is 0.497 e. The summed E-state index contributed by atoms with van der Waals surface area (Å²) in [6.07, 6.45) is 0. The quantitative estimate of drug-likeness (QED) is 0.881. The standard InChI is InChI=1S/C16H16FNO3/c1-10(11-4-3-5-13(8-11)21-2)18-15-9-12(16(19)20)6-7-14(15)17/h3-10,18H,1-2H3,(H,19,20). The van der Waals surface area contributed by atoms with Gasteiger partial charge in [-0.2, -0.15) is 0 Å². The highest BCUT2D eigenvalue weighted by molar-refractivity contribution is 5.88. The van der Waals surface area contributed by atoms with Gasteiger partial charge in [0.15, 0.2) is 0 Å². The van der Waals surface area contributed by atoms with Crippen molar-refractivity contribution in [1.29, 1.82) is 0 Å². The van der Waals surface area contributed by atoms with Crippen molar-refractivity contribution in [1.82, 2.24) is 0 Å². The van der Waals surface area contributed by atoms with Gasteiger partial charge < -0.3 is 15.2 Å². The van der Waals surface area contributed by atoms with Gasteiger partial charge in [0, 0.05) is 6.04 Å². The van der Waals surface area contributed by atoms with Crippen LogP contribution in [0.2, 0.25) is 0 Å². The lowest BCUT2D eigenvalue weighted by Gasteiger charge is -2.17. The molecule has 0 amide bonds. The van der Waals surface area contributed by atoms with Gasteiger partial charge in [0.25, 0.3) is 0 Å². The van der Waals surface area contributed by atoms with Crippen LogP contribution in [0.5, 0.6) is 5.75 Å². The minimum absolute atomic E-state index is 0.0387. The Balaban J connectivity index is 2.24. The van der Waals surface area contributed by atoms with Crippen molar-refractivity contribution < 1.29 is 19.0 Å². The Bertz CT molecular complexity index is 658. The van der Waals surface area contributed by atoms with Crippen molar-refractivity contribution in [3.63, 3.8) is 0 Å². The van der Waals surface area contributed by atoms with E-state index in [1.165, 1.54) is 12.1 Å². The van der Waals surface area contributed by atoms with Gasteiger partial charge in [0.2, 0.25) is 0 Å². The number of hydrogen-bond donors (Lipinski definition) is 2. The molecular weight excluding hydrogens is 273 g/mol. The number of nitrogens with one attached hydrogen (secondary N) is 1. The Morgan fingerprint density at radius 1 is 1.29 bits per heavy atom. The minimum Gasteiger partial charge on any atom is -0.497 e. The fourth-order valence-corrected chi connectivity index (χ4v) is 2.00. The van der Waals surface area contributed by atoms with E-state index in [1.54, 1.807) is 7.11 Å². The first kappa shape index (κ1) is 14.8. The van der Waals surface area contributed by atoms with E-state index in [-0.39, 0.29) is 17.3 Å². The highest BCUT2D eigenvalue weighted by atomic mass is 19.1. The SMILES string of the molecule is COc1cccc(C(C)Nc2cc(C(=O)O)ccc2F)c1. The summed E-state index contributed by atoms with van der Waals surface area (Å²) < 4.78 is 18.9. The molecule has 0 radical (unpaired) electrons. The van der Waals surface area contributed by atoms with Gasteiger partial charge in [-0.1, -0.05) is 12.1 Å². The second-order valence-electron chi connectivity index (χ2n) is 4.64. The fourth-order valence-electron chi connectivity index (χ4n) is 2.00. The second kappa shape index (κ2) is 6.26. The minimum atomic E-state index is -1.09. The summed E-state index contributed by atoms with van der Waals surface area (Å²) in [4.78, 5) is 10.9. The first-order valence-electron chi connectivity index (χ1n) is 6.44. The Morgan fingerprint density at radius 3 is 2.71 bits per heavy atom. The summed E-state index contributed by atoms with van der Waals surface area (Å²) in [7, 11) is 1.58. The van der Waals surface area contributed by atoms with Crippen molar-refractivity contribution in [2.24, 2.45) is 0 Å². The summed E-state index contributed by atoms with van der Waals surface area (Å²) in [5.74, 6) is -0.872. The molecule has 0 aliphatic rings. The third-order valence-electron chi connectivity index (χ3n) is 3.18. The molecule has 5 heteroatoms. The molecule has 2 aromatic carbocycles. The van der Waals surface area contributed by atoms with Crippen LogP contribution in [0.1, 0.15) is 28.9 Å². The lowest BCUT2D eigenvalue weighted by Crippen LogP contribution is -2.09. The van der Waals surface area contributed by atoms with Crippen LogP contribution in [0.25, 0.3) is 0 Å². The van der Waals surface area contributed by atoms with Gasteiger partial charge in [-0.05, 0) is 42.8 Å². The molecule has 2 N–H and O–H groups in total. The fraction of sp³-hybridized carbons (Fsp3) is 0.188. The smallest absolute Gasteiger partial charge is 0.335 e. The molecule has 4 nitrogen and oxygen atoms in total. The lowest BCUT2D eigenvalue weighted by atomic mass is 10.1. The Labute approximate surface area is 122 Å². The van der Waals surface area contributed by atoms with E-state index in [0.717, 1.165) is 11.6 Å². The number of aromatic carboxylic acids is 1. The molecule has 2 aromatic rings. The van der Waals surface area contributed by atoms with Crippen molar-refractivity contribution in [2.75, 3.05) is 12.4 Å². The monoisotopic (exact) mass is 289 g/mol. The Kier molecular flexibility index (Phi) is 4.42. The van der Waals surface area contributed by atoms with E-state index in [1.807, 2.05) is 31.2 Å². The predicted octanol–water partition coefficient (Wildman–Crippen LogP) is 3.71. The zero-order valence-electron chi connectivity index (χ0n) is 11.8. The first-order chi connectivity index (χ1) is 10.0. The van der Waals surface area contributed by atoms with Crippen molar-refractivity contribution in [2.45, 2.75) is 13.0 Å². The van der Waals surface area contributed by atoms with Crippen LogP contribution in [-0.4, -0.2) is 18.2 Å². The van der Waals surface area contributed by atoms with Crippen LogP contribution in [-0.2, 0) is 0 Å². The number of carboxylic acid groups (broad SMARTS) is 1. The van der Waals surface area contributed by atoms with Crippen LogP contribution in [0.15, 0.2) is 42.5 Å². The van der Waals surface area contributed by atoms with Crippen molar-refractivity contribution in [3.05, 3.63) is 59.4 Å². The van der Waals surface area contributed by atoms with E-state index in [9.17, 15) is 9.18 Å². The molecule has 0 aliphatic heterocycles. The number of carboxylic acids is 1. The second-order valence-corrected chi connectivity index (χ2v) is 4.64. The predicted molar refractivity (Wildman–Crippen MR) is 78.4 cm³/mol. The average Bonchev–Trinajstić information content (AvgIpc) is 2.49. The third-order valence-corrected chi connectivity index (χ3v) is 3.18. The summed E-state index contributed by atoms with van der Waals surface area (Å²) in [5, 5.41) is 11.9. The van der Waals surface area contributed by atoms with Crippen LogP contribution in [0, 0.1) is 5.82 Å². The van der Waals surface area contributed by atoms with Crippen LogP contribution >= 0.6 is 0 Å². The molecule has 2 rings (SSSR count). The molecule has 0 heterocycles. The number of ether oxygens (including phenoxy) is 1. The highest BCUT2D eigenvalue weighted by Crippen LogP contribution is 2.25. The number of halogens is 1. The average molecular weight is 289 g/mol. The van der Waals surface area contributed by atoms with E-state index < -0.39 is 11.8 Å².